The van der Waals surface area contributed by atoms with Crippen molar-refractivity contribution >= 4 is 17.7 Å². The molecule has 0 unspecified atom stereocenters. The minimum absolute atomic E-state index is 0.212. The molecule has 0 aliphatic rings. The topological polar surface area (TPSA) is 101 Å². The van der Waals surface area contributed by atoms with E-state index in [1.54, 1.807) is 30.3 Å². The molecule has 0 saturated carbocycles. The van der Waals surface area contributed by atoms with Gasteiger partial charge in [-0.3, -0.25) is 14.4 Å². The molecular weight excluding hydrogens is 330 g/mol. The molecular formula is C20H23N3O3. The van der Waals surface area contributed by atoms with Crippen molar-refractivity contribution in [3.63, 3.8) is 0 Å². The van der Waals surface area contributed by atoms with E-state index in [9.17, 15) is 14.4 Å². The van der Waals surface area contributed by atoms with Crippen molar-refractivity contribution in [2.75, 3.05) is 6.54 Å². The lowest BCUT2D eigenvalue weighted by atomic mass is 10.0. The molecule has 0 saturated heterocycles. The minimum atomic E-state index is -0.750. The maximum absolute atomic E-state index is 12.0. The van der Waals surface area contributed by atoms with Gasteiger partial charge in [-0.15, -0.1) is 0 Å². The SMILES string of the molecule is NC(=O)[C@H](CCCc1ccccc1)NC(=O)CNC(=O)c1ccccc1. The average molecular weight is 353 g/mol. The van der Waals surface area contributed by atoms with E-state index in [0.29, 0.717) is 18.4 Å². The molecule has 6 heteroatoms. The lowest BCUT2D eigenvalue weighted by Crippen LogP contribution is -2.47. The van der Waals surface area contributed by atoms with Crippen LogP contribution in [0, 0.1) is 0 Å². The van der Waals surface area contributed by atoms with E-state index >= 15 is 0 Å². The Morgan fingerprint density at radius 1 is 0.923 bits per heavy atom. The smallest absolute Gasteiger partial charge is 0.251 e. The largest absolute Gasteiger partial charge is 0.368 e. The fraction of sp³-hybridized carbons (Fsp3) is 0.250. The Hall–Kier alpha value is -3.15. The molecule has 6 nitrogen and oxygen atoms in total. The van der Waals surface area contributed by atoms with Gasteiger partial charge in [0.1, 0.15) is 6.04 Å². The molecule has 136 valence electrons. The third kappa shape index (κ3) is 6.39. The van der Waals surface area contributed by atoms with Crippen molar-refractivity contribution in [2.24, 2.45) is 5.73 Å². The summed E-state index contributed by atoms with van der Waals surface area (Å²) >= 11 is 0. The number of aryl methyl sites for hydroxylation is 1. The monoisotopic (exact) mass is 353 g/mol. The van der Waals surface area contributed by atoms with E-state index in [2.05, 4.69) is 10.6 Å². The standard InChI is InChI=1S/C20H23N3O3/c21-19(25)17(13-7-10-15-8-3-1-4-9-15)23-18(24)14-22-20(26)16-11-5-2-6-12-16/h1-6,8-9,11-12,17H,7,10,13-14H2,(H2,21,25)(H,22,26)(H,23,24)/t17-/m0/s1. The molecule has 0 aliphatic carbocycles. The molecule has 4 N–H and O–H groups in total. The zero-order valence-corrected chi connectivity index (χ0v) is 14.5. The zero-order chi connectivity index (χ0) is 18.8. The molecule has 26 heavy (non-hydrogen) atoms. The van der Waals surface area contributed by atoms with E-state index in [1.807, 2.05) is 30.3 Å². The molecule has 2 aromatic rings. The van der Waals surface area contributed by atoms with Gasteiger partial charge in [-0.1, -0.05) is 48.5 Å². The quantitative estimate of drug-likeness (QED) is 0.635. The predicted molar refractivity (Wildman–Crippen MR) is 99.3 cm³/mol. The highest BCUT2D eigenvalue weighted by atomic mass is 16.2. The van der Waals surface area contributed by atoms with Gasteiger partial charge in [0, 0.05) is 5.56 Å². The third-order valence-corrected chi connectivity index (χ3v) is 3.93. The summed E-state index contributed by atoms with van der Waals surface area (Å²) in [6, 6.07) is 17.7. The summed E-state index contributed by atoms with van der Waals surface area (Å²) in [7, 11) is 0. The molecule has 0 heterocycles. The van der Waals surface area contributed by atoms with Gasteiger partial charge in [0.2, 0.25) is 11.8 Å². The van der Waals surface area contributed by atoms with Gasteiger partial charge >= 0.3 is 0 Å². The van der Waals surface area contributed by atoms with Gasteiger partial charge in [0.15, 0.2) is 0 Å². The Balaban J connectivity index is 1.76. The molecule has 0 aromatic heterocycles. The summed E-state index contributed by atoms with van der Waals surface area (Å²) in [5.41, 5.74) is 7.00. The maximum Gasteiger partial charge on any atom is 0.251 e. The van der Waals surface area contributed by atoms with E-state index in [-0.39, 0.29) is 12.5 Å². The van der Waals surface area contributed by atoms with Gasteiger partial charge in [-0.2, -0.15) is 0 Å². The highest BCUT2D eigenvalue weighted by Gasteiger charge is 2.18. The minimum Gasteiger partial charge on any atom is -0.368 e. The van der Waals surface area contributed by atoms with Crippen LogP contribution >= 0.6 is 0 Å². The summed E-state index contributed by atoms with van der Waals surface area (Å²) in [5.74, 6) is -1.38. The van der Waals surface area contributed by atoms with Crippen LogP contribution in [0.15, 0.2) is 60.7 Å². The molecule has 0 aliphatic heterocycles. The zero-order valence-electron chi connectivity index (χ0n) is 14.5. The number of rotatable bonds is 9. The van der Waals surface area contributed by atoms with Crippen molar-refractivity contribution in [1.82, 2.24) is 10.6 Å². The van der Waals surface area contributed by atoms with Gasteiger partial charge in [-0.25, -0.2) is 0 Å². The number of hydrogen-bond donors (Lipinski definition) is 3. The van der Waals surface area contributed by atoms with Gasteiger partial charge in [-0.05, 0) is 37.0 Å². The fourth-order valence-corrected chi connectivity index (χ4v) is 2.54. The van der Waals surface area contributed by atoms with Crippen molar-refractivity contribution in [3.8, 4) is 0 Å². The van der Waals surface area contributed by atoms with Crippen LogP contribution in [0.25, 0.3) is 0 Å². The first-order valence-corrected chi connectivity index (χ1v) is 8.52. The van der Waals surface area contributed by atoms with Crippen molar-refractivity contribution in [3.05, 3.63) is 71.8 Å². The number of nitrogens with two attached hydrogens (primary N) is 1. The van der Waals surface area contributed by atoms with Gasteiger partial charge < -0.3 is 16.4 Å². The van der Waals surface area contributed by atoms with Crippen LogP contribution in [0.1, 0.15) is 28.8 Å². The third-order valence-electron chi connectivity index (χ3n) is 3.93. The number of carbonyl (C=O) groups is 3. The van der Waals surface area contributed by atoms with Crippen LogP contribution in [-0.4, -0.2) is 30.3 Å². The molecule has 2 aromatic carbocycles. The number of nitrogens with one attached hydrogen (secondary N) is 2. The van der Waals surface area contributed by atoms with Crippen LogP contribution in [0.5, 0.6) is 0 Å². The second-order valence-electron chi connectivity index (χ2n) is 5.95. The van der Waals surface area contributed by atoms with Gasteiger partial charge in [0.25, 0.3) is 5.91 Å². The molecule has 1 atom stereocenters. The Kier molecular flexibility index (Phi) is 7.36. The van der Waals surface area contributed by atoms with Crippen molar-refractivity contribution in [2.45, 2.75) is 25.3 Å². The van der Waals surface area contributed by atoms with E-state index in [1.165, 1.54) is 0 Å². The van der Waals surface area contributed by atoms with E-state index in [4.69, 9.17) is 5.73 Å². The summed E-state index contributed by atoms with van der Waals surface area (Å²) in [6.45, 7) is -0.212. The molecule has 3 amide bonds. The lowest BCUT2D eigenvalue weighted by Gasteiger charge is -2.15. The summed E-state index contributed by atoms with van der Waals surface area (Å²) in [4.78, 5) is 35.5. The molecule has 0 radical (unpaired) electrons. The van der Waals surface area contributed by atoms with Crippen LogP contribution < -0.4 is 16.4 Å². The van der Waals surface area contributed by atoms with Crippen molar-refractivity contribution in [1.29, 1.82) is 0 Å². The fourth-order valence-electron chi connectivity index (χ4n) is 2.54. The van der Waals surface area contributed by atoms with Gasteiger partial charge in [0.05, 0.1) is 6.54 Å². The number of primary amides is 1. The number of hydrogen-bond acceptors (Lipinski definition) is 3. The lowest BCUT2D eigenvalue weighted by molar-refractivity contribution is -0.126. The Bertz CT molecular complexity index is 732. The van der Waals surface area contributed by atoms with E-state index in [0.717, 1.165) is 12.0 Å². The van der Waals surface area contributed by atoms with Crippen LogP contribution in [-0.2, 0) is 16.0 Å². The summed E-state index contributed by atoms with van der Waals surface area (Å²) in [6.07, 6.45) is 1.96. The Labute approximate surface area is 152 Å². The highest BCUT2D eigenvalue weighted by Crippen LogP contribution is 2.06. The number of carbonyl (C=O) groups excluding carboxylic acids is 3. The van der Waals surface area contributed by atoms with E-state index < -0.39 is 17.9 Å². The first-order valence-electron chi connectivity index (χ1n) is 8.52. The maximum atomic E-state index is 12.0. The molecule has 0 fully saturated rings. The Morgan fingerprint density at radius 3 is 2.15 bits per heavy atom. The number of benzene rings is 2. The Morgan fingerprint density at radius 2 is 1.54 bits per heavy atom. The highest BCUT2D eigenvalue weighted by molar-refractivity contribution is 5.97. The summed E-state index contributed by atoms with van der Waals surface area (Å²) in [5, 5.41) is 5.10. The second-order valence-corrected chi connectivity index (χ2v) is 5.95. The van der Waals surface area contributed by atoms with Crippen LogP contribution in [0.4, 0.5) is 0 Å². The predicted octanol–water partition coefficient (Wildman–Crippen LogP) is 1.41. The van der Waals surface area contributed by atoms with Crippen LogP contribution in [0.2, 0.25) is 0 Å². The number of amides is 3. The molecule has 2 rings (SSSR count). The first-order chi connectivity index (χ1) is 12.6. The van der Waals surface area contributed by atoms with Crippen molar-refractivity contribution < 1.29 is 14.4 Å². The summed E-state index contributed by atoms with van der Waals surface area (Å²) < 4.78 is 0. The molecule has 0 bridgehead atoms. The average Bonchev–Trinajstić information content (AvgIpc) is 2.66. The second kappa shape index (κ2) is 9.98. The van der Waals surface area contributed by atoms with Crippen LogP contribution in [0.3, 0.4) is 0 Å². The normalized spacial score (nSPS) is 11.4. The molecule has 0 spiro atoms. The first kappa shape index (κ1) is 19.2.